The largest absolute Gasteiger partial charge is 0.490 e. The van der Waals surface area contributed by atoms with Crippen LogP contribution in [0.15, 0.2) is 36.0 Å². The lowest BCUT2D eigenvalue weighted by atomic mass is 9.89. The molecule has 2 aliphatic heterocycles. The Morgan fingerprint density at radius 1 is 1.07 bits per heavy atom. The van der Waals surface area contributed by atoms with Gasteiger partial charge >= 0.3 is 18.1 Å². The molecule has 0 radical (unpaired) electrons. The summed E-state index contributed by atoms with van der Waals surface area (Å²) in [6.45, 7) is 4.16. The number of carbonyl (C=O) groups is 2. The van der Waals surface area contributed by atoms with Crippen molar-refractivity contribution in [2.75, 3.05) is 54.4 Å². The number of nitrogens with zero attached hydrogens (tertiary/aromatic N) is 3. The summed E-state index contributed by atoms with van der Waals surface area (Å²) >= 11 is 1.44. The van der Waals surface area contributed by atoms with Crippen LogP contribution in [0.5, 0.6) is 0 Å². The minimum Gasteiger partial charge on any atom is -0.477 e. The van der Waals surface area contributed by atoms with E-state index in [1.54, 1.807) is 0 Å². The number of nitrogens with one attached hydrogen (secondary N) is 1. The highest BCUT2D eigenvalue weighted by Gasteiger charge is 2.54. The molecule has 0 spiro atoms. The van der Waals surface area contributed by atoms with Crippen LogP contribution in [0, 0.1) is 0 Å². The van der Waals surface area contributed by atoms with Crippen molar-refractivity contribution in [2.45, 2.75) is 56.8 Å². The minimum absolute atomic E-state index is 0.282. The topological polar surface area (TPSA) is 89.9 Å². The van der Waals surface area contributed by atoms with Gasteiger partial charge in [-0.15, -0.1) is 11.3 Å². The fourth-order valence-corrected chi connectivity index (χ4v) is 7.60. The molecule has 1 fully saturated rings. The van der Waals surface area contributed by atoms with Crippen LogP contribution in [0.4, 0.5) is 24.5 Å². The number of hydrogen-bond donors (Lipinski definition) is 3. The lowest BCUT2D eigenvalue weighted by Crippen LogP contribution is -2.52. The van der Waals surface area contributed by atoms with Crippen LogP contribution in [-0.2, 0) is 4.79 Å². The minimum atomic E-state index is -5.08. The molecule has 0 saturated heterocycles. The number of para-hydroxylation sites is 1. The number of aromatic carboxylic acids is 1. The maximum atomic E-state index is 12.0. The summed E-state index contributed by atoms with van der Waals surface area (Å²) in [6, 6.07) is 11.7. The van der Waals surface area contributed by atoms with Gasteiger partial charge in [0.2, 0.25) is 0 Å². The van der Waals surface area contributed by atoms with Gasteiger partial charge in [-0.05, 0) is 26.9 Å². The fraction of sp³-hybridized carbons (Fsp3) is 0.548. The van der Waals surface area contributed by atoms with Crippen molar-refractivity contribution in [3.63, 3.8) is 0 Å². The summed E-state index contributed by atoms with van der Waals surface area (Å²) in [7, 11) is 8.97. The molecular formula is C31H43F3N4O4S+2. The van der Waals surface area contributed by atoms with Crippen LogP contribution in [0.3, 0.4) is 0 Å². The van der Waals surface area contributed by atoms with Gasteiger partial charge in [0, 0.05) is 55.6 Å². The summed E-state index contributed by atoms with van der Waals surface area (Å²) in [4.78, 5) is 24.7. The number of carboxylic acid groups (broad SMARTS) is 2. The number of fused-ring (bicyclic) bond motifs is 5. The smallest absolute Gasteiger partial charge is 0.477 e. The van der Waals surface area contributed by atoms with Gasteiger partial charge < -0.3 is 24.9 Å². The molecule has 3 N–H and O–H groups in total. The molecule has 1 aromatic heterocycles. The number of halogens is 3. The van der Waals surface area contributed by atoms with Gasteiger partial charge in [-0.25, -0.2) is 14.1 Å². The Bertz CT molecular complexity index is 1350. The van der Waals surface area contributed by atoms with Gasteiger partial charge in [-0.3, -0.25) is 0 Å². The second kappa shape index (κ2) is 13.1. The van der Waals surface area contributed by atoms with E-state index >= 15 is 0 Å². The lowest BCUT2D eigenvalue weighted by molar-refractivity contribution is -0.890. The third kappa shape index (κ3) is 7.15. The molecule has 2 aromatic rings. The first-order valence-corrected chi connectivity index (χ1v) is 15.6. The summed E-state index contributed by atoms with van der Waals surface area (Å²) in [6.07, 6.45) is 4.47. The van der Waals surface area contributed by atoms with Gasteiger partial charge in [-0.2, -0.15) is 13.2 Å². The molecule has 2 unspecified atom stereocenters. The first-order valence-electron chi connectivity index (χ1n) is 14.7. The Labute approximate surface area is 255 Å². The highest BCUT2D eigenvalue weighted by Crippen LogP contribution is 2.57. The molecule has 1 aliphatic carbocycles. The number of thiophene rings is 1. The molecule has 43 heavy (non-hydrogen) atoms. The Balaban J connectivity index is 0.000000541. The van der Waals surface area contributed by atoms with Crippen molar-refractivity contribution in [2.24, 2.45) is 0 Å². The predicted octanol–water partition coefficient (Wildman–Crippen LogP) is 6.08. The molecule has 3 heterocycles. The highest BCUT2D eigenvalue weighted by atomic mass is 32.1. The number of aliphatic carboxylic acids is 1. The van der Waals surface area contributed by atoms with E-state index in [1.165, 1.54) is 66.1 Å². The van der Waals surface area contributed by atoms with Crippen LogP contribution in [0.25, 0.3) is 6.08 Å². The number of hydrogen-bond acceptors (Lipinski definition) is 5. The third-order valence-electron chi connectivity index (χ3n) is 8.84. The standard InChI is InChI=1S/C29H41N4O2S.C2HF3O2/c1-31(2)15-17-32(3,4)16-14-24-23-12-8-9-13-25(23)33(21-10-6-5-7-11-21)22(20-30-24)18-27-26(33)19-28(36-27)29(34)35;3-2(4,5)1(6)7/h8-9,12-13,18-19,21,24,30H,5-7,10-11,14-17,20H2,1-4H3;(H,6,7)/q+1;/p+1. The molecule has 8 nitrogen and oxygen atoms in total. The monoisotopic (exact) mass is 624 g/mol. The SMILES string of the molecule is CN(C)CC[N+](C)(C)CCC1NCC2=Cc3sc(C(=O)O)cc3[N+]2(C2CCCCC2)c2ccccc21.O=C(O)C(F)(F)F. The third-order valence-corrected chi connectivity index (χ3v) is 9.90. The maximum absolute atomic E-state index is 12.0. The molecule has 5 rings (SSSR count). The van der Waals surface area contributed by atoms with E-state index in [-0.39, 0.29) is 6.04 Å². The number of quaternary nitrogens is 2. The summed E-state index contributed by atoms with van der Waals surface area (Å²) in [5, 5.41) is 20.9. The van der Waals surface area contributed by atoms with E-state index in [0.29, 0.717) is 10.9 Å². The molecular weight excluding hydrogens is 581 g/mol. The Kier molecular flexibility index (Phi) is 10.1. The van der Waals surface area contributed by atoms with E-state index < -0.39 is 18.1 Å². The fourth-order valence-electron chi connectivity index (χ4n) is 6.60. The van der Waals surface area contributed by atoms with E-state index in [9.17, 15) is 23.1 Å². The van der Waals surface area contributed by atoms with E-state index in [2.05, 4.69) is 68.7 Å². The normalized spacial score (nSPS) is 22.0. The number of benzene rings is 1. The molecule has 3 aliphatic rings. The predicted molar refractivity (Wildman–Crippen MR) is 163 cm³/mol. The summed E-state index contributed by atoms with van der Waals surface area (Å²) in [5.74, 6) is -3.57. The number of alkyl halides is 3. The quantitative estimate of drug-likeness (QED) is 0.309. The Morgan fingerprint density at radius 2 is 1.72 bits per heavy atom. The first-order chi connectivity index (χ1) is 20.2. The second-order valence-corrected chi connectivity index (χ2v) is 13.7. The van der Waals surface area contributed by atoms with Crippen LogP contribution in [0.1, 0.15) is 64.7 Å². The average Bonchev–Trinajstić information content (AvgIpc) is 3.46. The van der Waals surface area contributed by atoms with Gasteiger partial charge in [0.15, 0.2) is 5.69 Å². The van der Waals surface area contributed by atoms with Crippen molar-refractivity contribution >= 4 is 40.7 Å². The Hall–Kier alpha value is -2.77. The van der Waals surface area contributed by atoms with Gasteiger partial charge in [0.05, 0.1) is 38.6 Å². The van der Waals surface area contributed by atoms with Crippen LogP contribution < -0.4 is 9.80 Å². The molecule has 12 heteroatoms. The van der Waals surface area contributed by atoms with E-state index in [1.807, 2.05) is 6.07 Å². The zero-order valence-corrected chi connectivity index (χ0v) is 26.1. The molecule has 1 saturated carbocycles. The molecule has 2 atom stereocenters. The van der Waals surface area contributed by atoms with Crippen molar-refractivity contribution < 1.29 is 37.5 Å². The van der Waals surface area contributed by atoms with Crippen molar-refractivity contribution in [3.05, 3.63) is 51.3 Å². The first kappa shape index (κ1) is 33.1. The summed E-state index contributed by atoms with van der Waals surface area (Å²) < 4.78 is 33.5. The van der Waals surface area contributed by atoms with Crippen molar-refractivity contribution in [1.82, 2.24) is 14.7 Å². The number of carboxylic acids is 2. The Morgan fingerprint density at radius 3 is 2.33 bits per heavy atom. The lowest BCUT2D eigenvalue weighted by Gasteiger charge is -2.44. The number of likely N-dealkylation sites (N-methyl/N-ethyl adjacent to an activating group) is 2. The highest BCUT2D eigenvalue weighted by molar-refractivity contribution is 7.15. The van der Waals surface area contributed by atoms with Gasteiger partial charge in [0.1, 0.15) is 22.3 Å². The second-order valence-electron chi connectivity index (χ2n) is 12.6. The van der Waals surface area contributed by atoms with Crippen molar-refractivity contribution in [1.29, 1.82) is 0 Å². The number of rotatable bonds is 8. The van der Waals surface area contributed by atoms with Gasteiger partial charge in [-0.1, -0.05) is 24.6 Å². The van der Waals surface area contributed by atoms with E-state index in [0.717, 1.165) is 46.4 Å². The molecule has 236 valence electrons. The van der Waals surface area contributed by atoms with Crippen LogP contribution >= 0.6 is 11.3 Å². The van der Waals surface area contributed by atoms with E-state index in [4.69, 9.17) is 9.90 Å². The van der Waals surface area contributed by atoms with Gasteiger partial charge in [0.25, 0.3) is 0 Å². The van der Waals surface area contributed by atoms with Crippen molar-refractivity contribution in [3.8, 4) is 0 Å². The zero-order valence-electron chi connectivity index (χ0n) is 25.3. The average molecular weight is 625 g/mol. The molecule has 0 amide bonds. The maximum Gasteiger partial charge on any atom is 0.490 e. The summed E-state index contributed by atoms with van der Waals surface area (Å²) in [5.41, 5.74) is 5.32. The van der Waals surface area contributed by atoms with Crippen LogP contribution in [0.2, 0.25) is 0 Å². The molecule has 1 aromatic carbocycles. The molecule has 0 bridgehead atoms. The zero-order chi connectivity index (χ0) is 31.6. The van der Waals surface area contributed by atoms with Crippen LogP contribution in [-0.4, -0.2) is 98.1 Å².